The maximum Gasteiger partial charge on any atom is 0.287 e. The van der Waals surface area contributed by atoms with Crippen LogP contribution in [0, 0.1) is 0 Å². The highest BCUT2D eigenvalue weighted by Gasteiger charge is 2.24. The average Bonchev–Trinajstić information content (AvgIpc) is 3.24. The van der Waals surface area contributed by atoms with Crippen LogP contribution in [0.25, 0.3) is 11.0 Å². The second-order valence-electron chi connectivity index (χ2n) is 7.09. The van der Waals surface area contributed by atoms with E-state index in [4.69, 9.17) is 9.15 Å². The second-order valence-corrected chi connectivity index (χ2v) is 7.09. The van der Waals surface area contributed by atoms with Crippen molar-refractivity contribution in [2.75, 3.05) is 12.4 Å². The molecule has 1 heterocycles. The normalized spacial score (nSPS) is 11.6. The molecule has 0 bridgehead atoms. The van der Waals surface area contributed by atoms with Crippen LogP contribution >= 0.6 is 0 Å². The van der Waals surface area contributed by atoms with Crippen molar-refractivity contribution in [1.82, 2.24) is 5.32 Å². The standard InChI is InChI=1S/C25H22N2O4/c1-30-20-12-7-11-19(16-20)26-24(28)21(14-17-8-3-2-4-9-17)27-25(29)23-15-18-10-5-6-13-22(18)31-23/h2-13,15-16,21H,14H2,1H3,(H,26,28)(H,27,29)/t21-/m1/s1. The van der Waals surface area contributed by atoms with Gasteiger partial charge in [-0.25, -0.2) is 0 Å². The summed E-state index contributed by atoms with van der Waals surface area (Å²) < 4.78 is 10.9. The number of carbonyl (C=O) groups is 2. The minimum atomic E-state index is -0.797. The number of methoxy groups -OCH3 is 1. The lowest BCUT2D eigenvalue weighted by Gasteiger charge is -2.18. The van der Waals surface area contributed by atoms with Gasteiger partial charge in [-0.1, -0.05) is 54.6 Å². The van der Waals surface area contributed by atoms with Crippen molar-refractivity contribution < 1.29 is 18.7 Å². The summed E-state index contributed by atoms with van der Waals surface area (Å²) in [7, 11) is 1.56. The van der Waals surface area contributed by atoms with Crippen molar-refractivity contribution >= 4 is 28.5 Å². The first-order valence-corrected chi connectivity index (χ1v) is 9.90. The molecule has 3 aromatic carbocycles. The molecule has 0 aliphatic carbocycles. The molecule has 6 nitrogen and oxygen atoms in total. The first kappa shape index (κ1) is 20.2. The lowest BCUT2D eigenvalue weighted by Crippen LogP contribution is -2.45. The van der Waals surface area contributed by atoms with E-state index in [1.807, 2.05) is 48.5 Å². The zero-order valence-electron chi connectivity index (χ0n) is 17.0. The highest BCUT2D eigenvalue weighted by molar-refractivity contribution is 6.01. The van der Waals surface area contributed by atoms with Gasteiger partial charge in [0.25, 0.3) is 5.91 Å². The van der Waals surface area contributed by atoms with Gasteiger partial charge in [0.15, 0.2) is 5.76 Å². The van der Waals surface area contributed by atoms with Crippen LogP contribution in [-0.4, -0.2) is 25.0 Å². The maximum atomic E-state index is 13.1. The van der Waals surface area contributed by atoms with Crippen LogP contribution in [0.15, 0.2) is 89.3 Å². The molecule has 2 amide bonds. The van der Waals surface area contributed by atoms with E-state index in [2.05, 4.69) is 10.6 Å². The summed E-state index contributed by atoms with van der Waals surface area (Å²) >= 11 is 0. The third kappa shape index (κ3) is 4.93. The predicted molar refractivity (Wildman–Crippen MR) is 119 cm³/mol. The average molecular weight is 414 g/mol. The monoisotopic (exact) mass is 414 g/mol. The van der Waals surface area contributed by atoms with E-state index in [9.17, 15) is 9.59 Å². The van der Waals surface area contributed by atoms with Crippen molar-refractivity contribution in [1.29, 1.82) is 0 Å². The molecule has 0 saturated carbocycles. The van der Waals surface area contributed by atoms with Crippen molar-refractivity contribution in [2.24, 2.45) is 0 Å². The van der Waals surface area contributed by atoms with Crippen molar-refractivity contribution in [3.05, 3.63) is 96.3 Å². The van der Waals surface area contributed by atoms with Gasteiger partial charge in [-0.2, -0.15) is 0 Å². The molecular formula is C25H22N2O4. The molecule has 0 saturated heterocycles. The van der Waals surface area contributed by atoms with E-state index in [1.165, 1.54) is 0 Å². The molecule has 1 aromatic heterocycles. The number of rotatable bonds is 7. The third-order valence-corrected chi connectivity index (χ3v) is 4.89. The van der Waals surface area contributed by atoms with Gasteiger partial charge in [0.2, 0.25) is 5.91 Å². The quantitative estimate of drug-likeness (QED) is 0.469. The van der Waals surface area contributed by atoms with Crippen LogP contribution in [0.5, 0.6) is 5.75 Å². The molecule has 156 valence electrons. The molecule has 0 radical (unpaired) electrons. The Bertz CT molecular complexity index is 1170. The van der Waals surface area contributed by atoms with Crippen molar-refractivity contribution in [2.45, 2.75) is 12.5 Å². The van der Waals surface area contributed by atoms with Crippen LogP contribution in [-0.2, 0) is 11.2 Å². The summed E-state index contributed by atoms with van der Waals surface area (Å²) in [6, 6.07) is 24.8. The molecule has 0 aliphatic rings. The number of ether oxygens (including phenoxy) is 1. The zero-order valence-corrected chi connectivity index (χ0v) is 17.0. The predicted octanol–water partition coefficient (Wildman–Crippen LogP) is 4.42. The van der Waals surface area contributed by atoms with Gasteiger partial charge in [0, 0.05) is 23.6 Å². The minimum absolute atomic E-state index is 0.161. The van der Waals surface area contributed by atoms with Crippen molar-refractivity contribution in [3.8, 4) is 5.75 Å². The maximum absolute atomic E-state index is 13.1. The van der Waals surface area contributed by atoms with E-state index >= 15 is 0 Å². The molecule has 0 aliphatic heterocycles. The van der Waals surface area contributed by atoms with Gasteiger partial charge in [-0.05, 0) is 29.8 Å². The molecule has 6 heteroatoms. The van der Waals surface area contributed by atoms with E-state index in [0.717, 1.165) is 10.9 Å². The van der Waals surface area contributed by atoms with Gasteiger partial charge >= 0.3 is 0 Å². The summed E-state index contributed by atoms with van der Waals surface area (Å²) in [6.07, 6.45) is 0.336. The van der Waals surface area contributed by atoms with Crippen LogP contribution < -0.4 is 15.4 Å². The molecular weight excluding hydrogens is 392 g/mol. The van der Waals surface area contributed by atoms with Gasteiger partial charge < -0.3 is 19.8 Å². The van der Waals surface area contributed by atoms with Crippen LogP contribution in [0.1, 0.15) is 16.1 Å². The third-order valence-electron chi connectivity index (χ3n) is 4.89. The summed E-state index contributed by atoms with van der Waals surface area (Å²) in [6.45, 7) is 0. The highest BCUT2D eigenvalue weighted by Crippen LogP contribution is 2.20. The zero-order chi connectivity index (χ0) is 21.6. The molecule has 0 unspecified atom stereocenters. The summed E-state index contributed by atoms with van der Waals surface area (Å²) in [5, 5.41) is 6.50. The number of furan rings is 1. The Hall–Kier alpha value is -4.06. The molecule has 31 heavy (non-hydrogen) atoms. The highest BCUT2D eigenvalue weighted by atomic mass is 16.5. The van der Waals surface area contributed by atoms with E-state index in [1.54, 1.807) is 43.5 Å². The Kier molecular flexibility index (Phi) is 5.98. The first-order chi connectivity index (χ1) is 15.1. The molecule has 2 N–H and O–H groups in total. The van der Waals surface area contributed by atoms with Gasteiger partial charge in [0.1, 0.15) is 17.4 Å². The minimum Gasteiger partial charge on any atom is -0.497 e. The largest absolute Gasteiger partial charge is 0.497 e. The fraction of sp³-hybridized carbons (Fsp3) is 0.120. The van der Waals surface area contributed by atoms with Gasteiger partial charge in [-0.3, -0.25) is 9.59 Å². The van der Waals surface area contributed by atoms with E-state index in [0.29, 0.717) is 23.4 Å². The second kappa shape index (κ2) is 9.17. The number of anilines is 1. The fourth-order valence-electron chi connectivity index (χ4n) is 3.31. The number of nitrogens with one attached hydrogen (secondary N) is 2. The molecule has 1 atom stereocenters. The molecule has 0 spiro atoms. The number of hydrogen-bond acceptors (Lipinski definition) is 4. The Labute approximate surface area is 179 Å². The van der Waals surface area contributed by atoms with Crippen LogP contribution in [0.3, 0.4) is 0 Å². The number of fused-ring (bicyclic) bond motifs is 1. The summed E-state index contributed by atoms with van der Waals surface area (Å²) in [5.41, 5.74) is 2.13. The van der Waals surface area contributed by atoms with Gasteiger partial charge in [-0.15, -0.1) is 0 Å². The first-order valence-electron chi connectivity index (χ1n) is 9.90. The Balaban J connectivity index is 1.55. The Morgan fingerprint density at radius 3 is 2.48 bits per heavy atom. The Morgan fingerprint density at radius 1 is 0.935 bits per heavy atom. The topological polar surface area (TPSA) is 80.6 Å². The lowest BCUT2D eigenvalue weighted by molar-refractivity contribution is -0.118. The van der Waals surface area contributed by atoms with E-state index < -0.39 is 11.9 Å². The number of amides is 2. The lowest BCUT2D eigenvalue weighted by atomic mass is 10.0. The fourth-order valence-corrected chi connectivity index (χ4v) is 3.31. The molecule has 0 fully saturated rings. The van der Waals surface area contributed by atoms with Crippen LogP contribution in [0.2, 0.25) is 0 Å². The summed E-state index contributed by atoms with van der Waals surface area (Å²) in [4.78, 5) is 25.9. The van der Waals surface area contributed by atoms with E-state index in [-0.39, 0.29) is 11.7 Å². The molecule has 4 rings (SSSR count). The Morgan fingerprint density at radius 2 is 1.71 bits per heavy atom. The number of hydrogen-bond donors (Lipinski definition) is 2. The number of para-hydroxylation sites is 1. The number of benzene rings is 3. The number of carbonyl (C=O) groups excluding carboxylic acids is 2. The summed E-state index contributed by atoms with van der Waals surface area (Å²) in [5.74, 6) is 0.0108. The van der Waals surface area contributed by atoms with Crippen LogP contribution in [0.4, 0.5) is 5.69 Å². The molecule has 4 aromatic rings. The van der Waals surface area contributed by atoms with Gasteiger partial charge in [0.05, 0.1) is 7.11 Å². The SMILES string of the molecule is COc1cccc(NC(=O)[C@@H](Cc2ccccc2)NC(=O)c2cc3ccccc3o2)c1. The van der Waals surface area contributed by atoms with Crippen molar-refractivity contribution in [3.63, 3.8) is 0 Å². The smallest absolute Gasteiger partial charge is 0.287 e.